The van der Waals surface area contributed by atoms with E-state index in [9.17, 15) is 4.79 Å². The molecule has 1 aromatic heterocycles. The van der Waals surface area contributed by atoms with E-state index >= 15 is 0 Å². The van der Waals surface area contributed by atoms with Crippen molar-refractivity contribution in [2.45, 2.75) is 19.9 Å². The molecule has 0 fully saturated rings. The van der Waals surface area contributed by atoms with Crippen molar-refractivity contribution in [3.63, 3.8) is 0 Å². The van der Waals surface area contributed by atoms with Crippen molar-refractivity contribution in [3.05, 3.63) is 102 Å². The number of benzene rings is 4. The van der Waals surface area contributed by atoms with E-state index < -0.39 is 0 Å². The van der Waals surface area contributed by atoms with Crippen molar-refractivity contribution in [3.8, 4) is 5.75 Å². The highest BCUT2D eigenvalue weighted by Crippen LogP contribution is 2.28. The molecule has 0 saturated heterocycles. The molecular formula is C29H28N4O2. The summed E-state index contributed by atoms with van der Waals surface area (Å²) in [6.07, 6.45) is 0.786. The Hall–Kier alpha value is -4.16. The molecule has 6 nitrogen and oxygen atoms in total. The molecule has 0 atom stereocenters. The number of aromatic nitrogens is 2. The van der Waals surface area contributed by atoms with Crippen LogP contribution in [0.4, 0.5) is 5.69 Å². The van der Waals surface area contributed by atoms with E-state index in [0.717, 1.165) is 57.4 Å². The van der Waals surface area contributed by atoms with E-state index in [1.165, 1.54) is 0 Å². The minimum Gasteiger partial charge on any atom is -0.483 e. The van der Waals surface area contributed by atoms with Gasteiger partial charge in [-0.25, -0.2) is 4.98 Å². The highest BCUT2D eigenvalue weighted by atomic mass is 16.5. The van der Waals surface area contributed by atoms with Crippen LogP contribution in [0, 0.1) is 6.92 Å². The maximum Gasteiger partial charge on any atom is 0.262 e. The number of para-hydroxylation sites is 2. The second-order valence-electron chi connectivity index (χ2n) is 8.59. The maximum absolute atomic E-state index is 12.5. The van der Waals surface area contributed by atoms with E-state index in [1.807, 2.05) is 79.7 Å². The van der Waals surface area contributed by atoms with Crippen LogP contribution in [0.3, 0.4) is 0 Å². The first-order valence-electron chi connectivity index (χ1n) is 11.8. The molecule has 6 heteroatoms. The Balaban J connectivity index is 1.24. The van der Waals surface area contributed by atoms with E-state index in [4.69, 9.17) is 4.74 Å². The fraction of sp³-hybridized carbons (Fsp3) is 0.172. The number of hydrogen-bond acceptors (Lipinski definition) is 4. The molecule has 0 aliphatic heterocycles. The highest BCUT2D eigenvalue weighted by molar-refractivity contribution is 5.92. The first-order chi connectivity index (χ1) is 17.2. The van der Waals surface area contributed by atoms with Gasteiger partial charge in [-0.2, -0.15) is 0 Å². The molecule has 176 valence electrons. The molecule has 0 unspecified atom stereocenters. The number of aryl methyl sites for hydroxylation is 1. The zero-order chi connectivity index (χ0) is 24.0. The van der Waals surface area contributed by atoms with Crippen molar-refractivity contribution < 1.29 is 9.53 Å². The molecule has 4 aromatic carbocycles. The Morgan fingerprint density at radius 1 is 0.943 bits per heavy atom. The molecule has 5 aromatic rings. The lowest BCUT2D eigenvalue weighted by molar-refractivity contribution is -0.118. The first kappa shape index (κ1) is 22.6. The maximum atomic E-state index is 12.5. The van der Waals surface area contributed by atoms with Crippen LogP contribution in [0.15, 0.2) is 84.9 Å². The Bertz CT molecular complexity index is 1420. The smallest absolute Gasteiger partial charge is 0.262 e. The predicted octanol–water partition coefficient (Wildman–Crippen LogP) is 5.37. The van der Waals surface area contributed by atoms with Crippen LogP contribution < -0.4 is 15.4 Å². The molecule has 5 rings (SSSR count). The largest absolute Gasteiger partial charge is 0.483 e. The summed E-state index contributed by atoms with van der Waals surface area (Å²) < 4.78 is 5.99. The number of nitrogens with zero attached hydrogens (tertiary/aromatic N) is 1. The Kier molecular flexibility index (Phi) is 6.73. The zero-order valence-corrected chi connectivity index (χ0v) is 19.7. The zero-order valence-electron chi connectivity index (χ0n) is 19.7. The number of anilines is 1. The van der Waals surface area contributed by atoms with Gasteiger partial charge in [-0.1, -0.05) is 60.2 Å². The summed E-state index contributed by atoms with van der Waals surface area (Å²) in [6, 6.07) is 27.9. The monoisotopic (exact) mass is 464 g/mol. The van der Waals surface area contributed by atoms with Gasteiger partial charge >= 0.3 is 0 Å². The molecule has 0 spiro atoms. The predicted molar refractivity (Wildman–Crippen MR) is 141 cm³/mol. The molecule has 0 aliphatic rings. The van der Waals surface area contributed by atoms with Gasteiger partial charge in [0.15, 0.2) is 6.61 Å². The van der Waals surface area contributed by atoms with Gasteiger partial charge in [0.25, 0.3) is 5.91 Å². The number of rotatable bonds is 9. The van der Waals surface area contributed by atoms with Gasteiger partial charge in [0.1, 0.15) is 11.6 Å². The quantitative estimate of drug-likeness (QED) is 0.256. The van der Waals surface area contributed by atoms with E-state index in [0.29, 0.717) is 12.3 Å². The van der Waals surface area contributed by atoms with Crippen molar-refractivity contribution in [1.29, 1.82) is 0 Å². The van der Waals surface area contributed by atoms with Crippen LogP contribution in [-0.4, -0.2) is 29.0 Å². The van der Waals surface area contributed by atoms with Gasteiger partial charge in [0, 0.05) is 30.8 Å². The molecular weight excluding hydrogens is 436 g/mol. The second kappa shape index (κ2) is 10.4. The normalized spacial score (nSPS) is 11.1. The molecule has 0 aliphatic carbocycles. The molecule has 0 bridgehead atoms. The number of aromatic amines is 1. The topological polar surface area (TPSA) is 79.0 Å². The van der Waals surface area contributed by atoms with Gasteiger partial charge in [-0.15, -0.1) is 0 Å². The van der Waals surface area contributed by atoms with E-state index in [1.54, 1.807) is 0 Å². The highest BCUT2D eigenvalue weighted by Gasteiger charge is 2.11. The van der Waals surface area contributed by atoms with Crippen LogP contribution >= 0.6 is 0 Å². The van der Waals surface area contributed by atoms with Crippen LogP contribution in [0.1, 0.15) is 17.0 Å². The lowest BCUT2D eigenvalue weighted by atomic mass is 10.0. The van der Waals surface area contributed by atoms with Crippen LogP contribution in [0.5, 0.6) is 5.75 Å². The third-order valence-electron chi connectivity index (χ3n) is 5.97. The van der Waals surface area contributed by atoms with Gasteiger partial charge in [0.05, 0.1) is 11.0 Å². The average Bonchev–Trinajstić information content (AvgIpc) is 3.30. The van der Waals surface area contributed by atoms with Crippen molar-refractivity contribution >= 4 is 33.4 Å². The van der Waals surface area contributed by atoms with E-state index in [2.05, 4.69) is 32.7 Å². The number of hydrogen-bond donors (Lipinski definition) is 3. The Morgan fingerprint density at radius 2 is 1.74 bits per heavy atom. The van der Waals surface area contributed by atoms with Crippen molar-refractivity contribution in [2.24, 2.45) is 0 Å². The number of H-pyrrole nitrogens is 1. The molecule has 3 N–H and O–H groups in total. The number of amides is 1. The van der Waals surface area contributed by atoms with Crippen LogP contribution in [-0.2, 0) is 17.8 Å². The summed E-state index contributed by atoms with van der Waals surface area (Å²) in [5, 5.41) is 8.66. The molecule has 1 heterocycles. The Labute approximate surface area is 204 Å². The number of nitrogens with one attached hydrogen (secondary N) is 3. The number of ether oxygens (including phenoxy) is 1. The van der Waals surface area contributed by atoms with Gasteiger partial charge in [-0.3, -0.25) is 4.79 Å². The minimum atomic E-state index is -0.189. The fourth-order valence-electron chi connectivity index (χ4n) is 4.16. The summed E-state index contributed by atoms with van der Waals surface area (Å²) in [7, 11) is 0. The second-order valence-corrected chi connectivity index (χ2v) is 8.59. The minimum absolute atomic E-state index is 0.0573. The summed E-state index contributed by atoms with van der Waals surface area (Å²) in [5.74, 6) is 1.48. The Morgan fingerprint density at radius 3 is 2.60 bits per heavy atom. The molecule has 0 saturated carbocycles. The van der Waals surface area contributed by atoms with Crippen molar-refractivity contribution in [1.82, 2.24) is 15.3 Å². The number of carbonyl (C=O) groups is 1. The summed E-state index contributed by atoms with van der Waals surface area (Å²) >= 11 is 0. The molecule has 0 radical (unpaired) electrons. The fourth-order valence-corrected chi connectivity index (χ4v) is 4.16. The molecule has 35 heavy (non-hydrogen) atoms. The third-order valence-corrected chi connectivity index (χ3v) is 5.97. The van der Waals surface area contributed by atoms with Crippen LogP contribution in [0.2, 0.25) is 0 Å². The van der Waals surface area contributed by atoms with Gasteiger partial charge in [0.2, 0.25) is 0 Å². The summed E-state index contributed by atoms with van der Waals surface area (Å²) in [6.45, 7) is 3.34. The van der Waals surface area contributed by atoms with Gasteiger partial charge < -0.3 is 20.4 Å². The van der Waals surface area contributed by atoms with Crippen LogP contribution in [0.25, 0.3) is 21.8 Å². The standard InChI is InChI=1S/C29H28N4O2/c1-20-10-13-22(14-11-20)31-29(34)19-35-27-15-12-21-6-2-3-7-23(21)24(27)18-30-17-16-28-32-25-8-4-5-9-26(25)33-28/h2-15,30H,16-19H2,1H3,(H,31,34)(H,32,33). The lowest BCUT2D eigenvalue weighted by Gasteiger charge is -2.15. The lowest BCUT2D eigenvalue weighted by Crippen LogP contribution is -2.22. The summed E-state index contributed by atoms with van der Waals surface area (Å²) in [4.78, 5) is 20.5. The SMILES string of the molecule is Cc1ccc(NC(=O)COc2ccc3ccccc3c2CNCCc2nc3ccccc3[nH]2)cc1. The van der Waals surface area contributed by atoms with Crippen molar-refractivity contribution in [2.75, 3.05) is 18.5 Å². The van der Waals surface area contributed by atoms with Gasteiger partial charge in [-0.05, 0) is 48.0 Å². The number of imidazole rings is 1. The molecule has 1 amide bonds. The third kappa shape index (κ3) is 5.50. The first-order valence-corrected chi connectivity index (χ1v) is 11.8. The summed E-state index contributed by atoms with van der Waals surface area (Å²) in [5.41, 5.74) is 4.98. The number of fused-ring (bicyclic) bond motifs is 2. The van der Waals surface area contributed by atoms with E-state index in [-0.39, 0.29) is 12.5 Å². The number of carbonyl (C=O) groups excluding carboxylic acids is 1. The average molecular weight is 465 g/mol.